The van der Waals surface area contributed by atoms with Crippen molar-refractivity contribution in [2.75, 3.05) is 13.2 Å². The Kier molecular flexibility index (Phi) is 4.93. The molecule has 28 heavy (non-hydrogen) atoms. The number of terminal acetylenes is 1. The molecule has 2 heterocycles. The van der Waals surface area contributed by atoms with Crippen LogP contribution in [0.2, 0.25) is 0 Å². The number of thiazole rings is 1. The molecule has 0 fully saturated rings. The molecule has 2 aromatic carbocycles. The molecular weight excluding hydrogens is 372 g/mol. The van der Waals surface area contributed by atoms with Gasteiger partial charge >= 0.3 is 0 Å². The predicted molar refractivity (Wildman–Crippen MR) is 110 cm³/mol. The fourth-order valence-corrected chi connectivity index (χ4v) is 4.18. The molecule has 3 aromatic rings. The molecule has 1 amide bonds. The van der Waals surface area contributed by atoms with Crippen molar-refractivity contribution in [3.8, 4) is 23.8 Å². The molecule has 0 radical (unpaired) electrons. The molecule has 4 rings (SSSR count). The summed E-state index contributed by atoms with van der Waals surface area (Å²) in [5.74, 6) is 3.96. The van der Waals surface area contributed by atoms with Crippen LogP contribution in [0.15, 0.2) is 41.4 Å². The smallest absolute Gasteiger partial charge is 0.279 e. The van der Waals surface area contributed by atoms with E-state index in [1.165, 1.54) is 16.9 Å². The number of aromatic nitrogens is 1. The lowest BCUT2D eigenvalue weighted by Crippen LogP contribution is -2.17. The van der Waals surface area contributed by atoms with Gasteiger partial charge in [0.2, 0.25) is 0 Å². The van der Waals surface area contributed by atoms with E-state index in [1.807, 2.05) is 10.6 Å². The molecule has 0 atom stereocenters. The number of hydrogen-bond acceptors (Lipinski definition) is 4. The Bertz CT molecular complexity index is 1160. The summed E-state index contributed by atoms with van der Waals surface area (Å²) in [5, 5.41) is 0. The Morgan fingerprint density at radius 2 is 2.00 bits per heavy atom. The lowest BCUT2D eigenvalue weighted by Gasteiger charge is -2.18. The summed E-state index contributed by atoms with van der Waals surface area (Å²) < 4.78 is 14.0. The van der Waals surface area contributed by atoms with Gasteiger partial charge in [0.25, 0.3) is 5.91 Å². The second-order valence-electron chi connectivity index (χ2n) is 6.83. The van der Waals surface area contributed by atoms with Crippen molar-refractivity contribution in [1.29, 1.82) is 0 Å². The summed E-state index contributed by atoms with van der Waals surface area (Å²) in [5.41, 5.74) is 2.68. The zero-order valence-corrected chi connectivity index (χ0v) is 16.6. The van der Waals surface area contributed by atoms with Crippen LogP contribution in [0.5, 0.6) is 11.5 Å². The molecule has 0 saturated heterocycles. The number of nitrogens with zero attached hydrogens (tertiary/aromatic N) is 2. The van der Waals surface area contributed by atoms with Crippen molar-refractivity contribution in [1.82, 2.24) is 4.57 Å². The average molecular weight is 392 g/mol. The highest BCUT2D eigenvalue weighted by molar-refractivity contribution is 7.16. The van der Waals surface area contributed by atoms with Crippen LogP contribution in [0, 0.1) is 12.3 Å². The third-order valence-electron chi connectivity index (χ3n) is 4.61. The van der Waals surface area contributed by atoms with Crippen molar-refractivity contribution in [2.45, 2.75) is 26.3 Å². The van der Waals surface area contributed by atoms with Crippen LogP contribution in [0.25, 0.3) is 10.2 Å². The Morgan fingerprint density at radius 1 is 1.21 bits per heavy atom. The molecule has 1 aliphatic rings. The summed E-state index contributed by atoms with van der Waals surface area (Å²) in [7, 11) is 0. The normalized spacial score (nSPS) is 13.7. The van der Waals surface area contributed by atoms with E-state index in [1.54, 1.807) is 18.2 Å². The van der Waals surface area contributed by atoms with Gasteiger partial charge in [-0.15, -0.1) is 6.42 Å². The van der Waals surface area contributed by atoms with Crippen LogP contribution in [0.1, 0.15) is 35.7 Å². The van der Waals surface area contributed by atoms with Gasteiger partial charge in [0.05, 0.1) is 16.8 Å². The molecule has 0 N–H and O–H groups in total. The fraction of sp³-hybridized carbons (Fsp3) is 0.273. The van der Waals surface area contributed by atoms with Crippen LogP contribution in [0.3, 0.4) is 0 Å². The molecule has 0 unspecified atom stereocenters. The maximum absolute atomic E-state index is 12.8. The van der Waals surface area contributed by atoms with E-state index in [2.05, 4.69) is 36.9 Å². The first-order chi connectivity index (χ1) is 13.6. The van der Waals surface area contributed by atoms with Gasteiger partial charge < -0.3 is 14.0 Å². The van der Waals surface area contributed by atoms with Crippen molar-refractivity contribution >= 4 is 27.5 Å². The maximum Gasteiger partial charge on any atom is 0.279 e. The third kappa shape index (κ3) is 3.41. The summed E-state index contributed by atoms with van der Waals surface area (Å²) in [4.78, 5) is 17.7. The number of ether oxygens (including phenoxy) is 2. The first-order valence-corrected chi connectivity index (χ1v) is 9.94. The second kappa shape index (κ2) is 7.53. The number of fused-ring (bicyclic) bond motifs is 2. The Morgan fingerprint density at radius 3 is 2.75 bits per heavy atom. The Balaban J connectivity index is 1.78. The van der Waals surface area contributed by atoms with E-state index in [0.29, 0.717) is 47.5 Å². The summed E-state index contributed by atoms with van der Waals surface area (Å²) in [6, 6.07) is 11.4. The van der Waals surface area contributed by atoms with Gasteiger partial charge in [-0.25, -0.2) is 0 Å². The molecular formula is C22H20N2O3S. The zero-order chi connectivity index (χ0) is 19.7. The van der Waals surface area contributed by atoms with Gasteiger partial charge in [-0.1, -0.05) is 37.2 Å². The number of amides is 1. The van der Waals surface area contributed by atoms with E-state index in [4.69, 9.17) is 15.9 Å². The molecule has 142 valence electrons. The van der Waals surface area contributed by atoms with Gasteiger partial charge in [0, 0.05) is 5.56 Å². The predicted octanol–water partition coefficient (Wildman–Crippen LogP) is 3.97. The topological polar surface area (TPSA) is 52.8 Å². The largest absolute Gasteiger partial charge is 0.486 e. The quantitative estimate of drug-likeness (QED) is 0.634. The molecule has 5 nitrogen and oxygen atoms in total. The second-order valence-corrected chi connectivity index (χ2v) is 7.84. The molecule has 0 spiro atoms. The summed E-state index contributed by atoms with van der Waals surface area (Å²) in [6.07, 6.45) is 5.55. The van der Waals surface area contributed by atoms with Crippen molar-refractivity contribution in [3.05, 3.63) is 52.3 Å². The number of carbonyl (C=O) groups is 1. The Hall–Kier alpha value is -3.04. The lowest BCUT2D eigenvalue weighted by atomic mass is 10.0. The van der Waals surface area contributed by atoms with Crippen LogP contribution < -0.4 is 14.3 Å². The van der Waals surface area contributed by atoms with E-state index < -0.39 is 0 Å². The SMILES string of the molecule is C#CCn1c(=NC(=O)c2ccc3c(c2)OCCO3)sc2cc(C(C)C)ccc21. The highest BCUT2D eigenvalue weighted by Crippen LogP contribution is 2.31. The average Bonchev–Trinajstić information content (AvgIpc) is 3.04. The first kappa shape index (κ1) is 18.3. The standard InChI is InChI=1S/C22H20N2O3S/c1-4-9-24-17-7-5-15(14(2)3)13-20(17)28-22(24)23-21(25)16-6-8-18-19(12-16)27-11-10-26-18/h1,5-8,12-14H,9-11H2,2-3H3. The number of carbonyl (C=O) groups excluding carboxylic acids is 1. The van der Waals surface area contributed by atoms with Crippen molar-refractivity contribution < 1.29 is 14.3 Å². The van der Waals surface area contributed by atoms with Crippen LogP contribution in [0.4, 0.5) is 0 Å². The monoisotopic (exact) mass is 392 g/mol. The molecule has 0 aliphatic carbocycles. The van der Waals surface area contributed by atoms with Gasteiger partial charge in [-0.2, -0.15) is 4.99 Å². The highest BCUT2D eigenvalue weighted by atomic mass is 32.1. The van der Waals surface area contributed by atoms with Crippen molar-refractivity contribution in [2.24, 2.45) is 4.99 Å². The first-order valence-electron chi connectivity index (χ1n) is 9.12. The third-order valence-corrected chi connectivity index (χ3v) is 5.65. The fourth-order valence-electron chi connectivity index (χ4n) is 3.11. The van der Waals surface area contributed by atoms with Crippen LogP contribution >= 0.6 is 11.3 Å². The number of rotatable bonds is 3. The summed E-state index contributed by atoms with van der Waals surface area (Å²) in [6.45, 7) is 5.64. The van der Waals surface area contributed by atoms with E-state index in [-0.39, 0.29) is 5.91 Å². The number of benzene rings is 2. The molecule has 1 aromatic heterocycles. The highest BCUT2D eigenvalue weighted by Gasteiger charge is 2.15. The molecule has 0 saturated carbocycles. The maximum atomic E-state index is 12.8. The minimum absolute atomic E-state index is 0.335. The van der Waals surface area contributed by atoms with E-state index in [9.17, 15) is 4.79 Å². The van der Waals surface area contributed by atoms with E-state index in [0.717, 1.165) is 10.2 Å². The molecule has 1 aliphatic heterocycles. The molecule has 6 heteroatoms. The Labute approximate surface area is 167 Å². The van der Waals surface area contributed by atoms with Crippen molar-refractivity contribution in [3.63, 3.8) is 0 Å². The van der Waals surface area contributed by atoms with Crippen LogP contribution in [-0.4, -0.2) is 23.7 Å². The van der Waals surface area contributed by atoms with Crippen LogP contribution in [-0.2, 0) is 6.54 Å². The minimum atomic E-state index is -0.335. The summed E-state index contributed by atoms with van der Waals surface area (Å²) >= 11 is 1.47. The number of hydrogen-bond donors (Lipinski definition) is 0. The molecule has 0 bridgehead atoms. The van der Waals surface area contributed by atoms with Gasteiger partial charge in [-0.05, 0) is 41.8 Å². The van der Waals surface area contributed by atoms with Gasteiger partial charge in [0.15, 0.2) is 16.3 Å². The van der Waals surface area contributed by atoms with E-state index >= 15 is 0 Å². The van der Waals surface area contributed by atoms with Gasteiger partial charge in [-0.3, -0.25) is 4.79 Å². The minimum Gasteiger partial charge on any atom is -0.486 e. The zero-order valence-electron chi connectivity index (χ0n) is 15.8. The van der Waals surface area contributed by atoms with Gasteiger partial charge in [0.1, 0.15) is 13.2 Å². The lowest BCUT2D eigenvalue weighted by molar-refractivity contribution is 0.0996.